The standard InChI is InChI=1S/C29H27N2O/c1-16-9-10-19-22-13-21-20-8-7-11-30-28(20)29(4,5)23(21)14-25(22)32-27(19)26(16)24-12-17(2)18(3)15-31(24)6/h7-15H,1-6H3/q+1/i2D3,3D3,4D3,5D3. The van der Waals surface area contributed by atoms with E-state index in [2.05, 4.69) is 4.98 Å². The smallest absolute Gasteiger partial charge is 0.216 e. The van der Waals surface area contributed by atoms with Gasteiger partial charge < -0.3 is 4.42 Å². The van der Waals surface area contributed by atoms with Gasteiger partial charge in [-0.05, 0) is 61.1 Å². The van der Waals surface area contributed by atoms with Gasteiger partial charge in [-0.3, -0.25) is 4.98 Å². The fourth-order valence-electron chi connectivity index (χ4n) is 4.78. The Labute approximate surface area is 205 Å². The number of rotatable bonds is 1. The summed E-state index contributed by atoms with van der Waals surface area (Å²) in [4.78, 5) is 4.29. The lowest BCUT2D eigenvalue weighted by atomic mass is 9.85. The summed E-state index contributed by atoms with van der Waals surface area (Å²) in [5, 5.41) is 1.23. The van der Waals surface area contributed by atoms with E-state index in [1.54, 1.807) is 29.8 Å². The summed E-state index contributed by atoms with van der Waals surface area (Å²) in [7, 11) is 1.62. The molecule has 158 valence electrons. The first-order chi connectivity index (χ1) is 20.2. The molecule has 0 N–H and O–H groups in total. The molecule has 3 heterocycles. The molecular formula is C29H27N2O+. The molecule has 0 saturated heterocycles. The highest BCUT2D eigenvalue weighted by Crippen LogP contribution is 2.50. The predicted octanol–water partition coefficient (Wildman–Crippen LogP) is 6.70. The third-order valence-electron chi connectivity index (χ3n) is 6.38. The quantitative estimate of drug-likeness (QED) is 0.276. The molecule has 3 aromatic heterocycles. The van der Waals surface area contributed by atoms with Gasteiger partial charge in [-0.1, -0.05) is 31.9 Å². The Balaban J connectivity index is 1.71. The third kappa shape index (κ3) is 2.42. The van der Waals surface area contributed by atoms with Crippen molar-refractivity contribution < 1.29 is 25.4 Å². The monoisotopic (exact) mass is 431 g/mol. The number of fused-ring (bicyclic) bond motifs is 6. The van der Waals surface area contributed by atoms with Crippen LogP contribution in [0.15, 0.2) is 59.3 Å². The maximum Gasteiger partial charge on any atom is 0.216 e. The van der Waals surface area contributed by atoms with Crippen LogP contribution < -0.4 is 4.57 Å². The van der Waals surface area contributed by atoms with Gasteiger partial charge in [0.1, 0.15) is 18.2 Å². The molecule has 6 rings (SSSR count). The molecule has 0 unspecified atom stereocenters. The minimum absolute atomic E-state index is 0.0398. The molecule has 5 aromatic rings. The molecular weight excluding hydrogens is 392 g/mol. The number of aryl methyl sites for hydroxylation is 4. The van der Waals surface area contributed by atoms with Crippen LogP contribution in [0.25, 0.3) is 44.3 Å². The number of benzene rings is 2. The third-order valence-corrected chi connectivity index (χ3v) is 6.38. The number of aromatic nitrogens is 2. The average molecular weight is 432 g/mol. The molecule has 0 fully saturated rings. The fraction of sp³-hybridized carbons (Fsp3) is 0.241. The summed E-state index contributed by atoms with van der Waals surface area (Å²) in [6, 6.07) is 11.5. The van der Waals surface area contributed by atoms with Crippen molar-refractivity contribution in [1.29, 1.82) is 0 Å². The Morgan fingerprint density at radius 2 is 1.84 bits per heavy atom. The maximum atomic E-state index is 8.45. The molecule has 0 spiro atoms. The van der Waals surface area contributed by atoms with E-state index in [9.17, 15) is 0 Å². The first kappa shape index (κ1) is 10.4. The zero-order chi connectivity index (χ0) is 32.4. The van der Waals surface area contributed by atoms with E-state index < -0.39 is 32.8 Å². The molecule has 0 radical (unpaired) electrons. The molecule has 0 atom stereocenters. The Morgan fingerprint density at radius 3 is 2.66 bits per heavy atom. The summed E-state index contributed by atoms with van der Waals surface area (Å²) in [5.41, 5.74) is 0.102. The summed E-state index contributed by atoms with van der Waals surface area (Å²) in [6.45, 7) is -9.54. The van der Waals surface area contributed by atoms with Gasteiger partial charge in [0.25, 0.3) is 0 Å². The van der Waals surface area contributed by atoms with E-state index in [0.717, 1.165) is 0 Å². The van der Waals surface area contributed by atoms with Gasteiger partial charge in [0.2, 0.25) is 5.69 Å². The SMILES string of the molecule is [2H]C([2H])([2H])c1cc(-c2c(C)ccc3c2oc2cc4c(cc23)-c2cccnc2C4(C([2H])([2H])[2H])C([2H])([2H])[2H])[n+](C)cc1C([2H])([2H])[2H]. The molecule has 0 bridgehead atoms. The van der Waals surface area contributed by atoms with Crippen LogP contribution in [-0.2, 0) is 12.5 Å². The summed E-state index contributed by atoms with van der Waals surface area (Å²) in [5.74, 6) is 0. The van der Waals surface area contributed by atoms with Crippen molar-refractivity contribution in [2.24, 2.45) is 7.05 Å². The van der Waals surface area contributed by atoms with Crippen LogP contribution in [0.3, 0.4) is 0 Å². The van der Waals surface area contributed by atoms with Gasteiger partial charge >= 0.3 is 0 Å². The summed E-state index contributed by atoms with van der Waals surface area (Å²) >= 11 is 0. The van der Waals surface area contributed by atoms with Crippen LogP contribution >= 0.6 is 0 Å². The Morgan fingerprint density at radius 1 is 0.969 bits per heavy atom. The average Bonchev–Trinajstić information content (AvgIpc) is 3.39. The highest BCUT2D eigenvalue weighted by atomic mass is 16.3. The van der Waals surface area contributed by atoms with E-state index in [1.165, 1.54) is 24.5 Å². The summed E-state index contributed by atoms with van der Waals surface area (Å²) < 4.78 is 107. The van der Waals surface area contributed by atoms with E-state index in [1.807, 2.05) is 19.1 Å². The van der Waals surface area contributed by atoms with Crippen molar-refractivity contribution in [1.82, 2.24) is 4.98 Å². The molecule has 2 aromatic carbocycles. The van der Waals surface area contributed by atoms with Crippen LogP contribution in [0.4, 0.5) is 0 Å². The van der Waals surface area contributed by atoms with Gasteiger partial charge in [0, 0.05) is 56.0 Å². The van der Waals surface area contributed by atoms with Crippen molar-refractivity contribution in [3.63, 3.8) is 0 Å². The predicted molar refractivity (Wildman–Crippen MR) is 130 cm³/mol. The second-order valence-corrected chi connectivity index (χ2v) is 8.38. The zero-order valence-electron chi connectivity index (χ0n) is 29.5. The minimum atomic E-state index is -2.99. The minimum Gasteiger partial charge on any atom is -0.455 e. The highest BCUT2D eigenvalue weighted by Gasteiger charge is 2.37. The van der Waals surface area contributed by atoms with Crippen LogP contribution in [0.2, 0.25) is 0 Å². The molecule has 0 amide bonds. The highest BCUT2D eigenvalue weighted by molar-refractivity contribution is 6.11. The Bertz CT molecular complexity index is 1980. The van der Waals surface area contributed by atoms with Crippen molar-refractivity contribution in [3.05, 3.63) is 82.8 Å². The van der Waals surface area contributed by atoms with Crippen molar-refractivity contribution in [3.8, 4) is 22.4 Å². The van der Waals surface area contributed by atoms with Gasteiger partial charge in [-0.15, -0.1) is 0 Å². The van der Waals surface area contributed by atoms with E-state index >= 15 is 0 Å². The fourth-order valence-corrected chi connectivity index (χ4v) is 4.78. The molecule has 0 aliphatic heterocycles. The summed E-state index contributed by atoms with van der Waals surface area (Å²) in [6.07, 6.45) is 2.68. The first-order valence-corrected chi connectivity index (χ1v) is 10.2. The molecule has 1 aliphatic carbocycles. The van der Waals surface area contributed by atoms with Crippen LogP contribution in [0.1, 0.15) is 58.1 Å². The molecule has 3 heteroatoms. The van der Waals surface area contributed by atoms with Crippen molar-refractivity contribution >= 4 is 21.9 Å². The number of hydrogen-bond donors (Lipinski definition) is 0. The van der Waals surface area contributed by atoms with Gasteiger partial charge in [-0.2, -0.15) is 0 Å². The lowest BCUT2D eigenvalue weighted by Gasteiger charge is -2.19. The number of hydrogen-bond acceptors (Lipinski definition) is 2. The second-order valence-electron chi connectivity index (χ2n) is 8.38. The molecule has 0 saturated carbocycles. The van der Waals surface area contributed by atoms with Gasteiger partial charge in [-0.25, -0.2) is 4.57 Å². The largest absolute Gasteiger partial charge is 0.455 e. The Kier molecular flexibility index (Phi) is 2.05. The number of nitrogens with zero attached hydrogens (tertiary/aromatic N) is 2. The number of pyridine rings is 2. The van der Waals surface area contributed by atoms with Crippen molar-refractivity contribution in [2.45, 2.75) is 39.7 Å². The van der Waals surface area contributed by atoms with E-state index in [-0.39, 0.29) is 28.0 Å². The van der Waals surface area contributed by atoms with Crippen molar-refractivity contribution in [2.75, 3.05) is 0 Å². The molecule has 1 aliphatic rings. The normalized spacial score (nSPS) is 21.3. The molecule has 32 heavy (non-hydrogen) atoms. The topological polar surface area (TPSA) is 29.9 Å². The Hall–Kier alpha value is -3.46. The lowest BCUT2D eigenvalue weighted by Crippen LogP contribution is -2.31. The van der Waals surface area contributed by atoms with Gasteiger partial charge in [0.15, 0.2) is 6.20 Å². The maximum absolute atomic E-state index is 8.45. The number of furan rings is 1. The van der Waals surface area contributed by atoms with E-state index in [4.69, 9.17) is 20.9 Å². The van der Waals surface area contributed by atoms with Crippen LogP contribution in [0.5, 0.6) is 0 Å². The lowest BCUT2D eigenvalue weighted by molar-refractivity contribution is -0.660. The first-order valence-electron chi connectivity index (χ1n) is 16.2. The van der Waals surface area contributed by atoms with Gasteiger partial charge in [0.05, 0.1) is 11.3 Å². The zero-order valence-corrected chi connectivity index (χ0v) is 17.5. The van der Waals surface area contributed by atoms with Crippen LogP contribution in [0, 0.1) is 20.6 Å². The van der Waals surface area contributed by atoms with Crippen LogP contribution in [-0.4, -0.2) is 4.98 Å². The second kappa shape index (κ2) is 6.29. The molecule has 3 nitrogen and oxygen atoms in total. The van der Waals surface area contributed by atoms with E-state index in [0.29, 0.717) is 44.3 Å².